The van der Waals surface area contributed by atoms with Gasteiger partial charge < -0.3 is 20.3 Å². The number of hydrogen-bond donors (Lipinski definition) is 3. The molecule has 0 radical (unpaired) electrons. The number of aliphatic hydroxyl groups is 1. The molecule has 1 amide bonds. The Hall–Kier alpha value is -2.63. The summed E-state index contributed by atoms with van der Waals surface area (Å²) in [5.74, 6) is 0.0324. The number of hydrogen-bond acceptors (Lipinski definition) is 4. The number of ether oxygens (including phenoxy) is 1. The second kappa shape index (κ2) is 7.41. The number of methoxy groups -OCH3 is 1. The van der Waals surface area contributed by atoms with Crippen molar-refractivity contribution in [3.05, 3.63) is 65.2 Å². The Kier molecular flexibility index (Phi) is 4.96. The molecule has 0 aromatic heterocycles. The lowest BCUT2D eigenvalue weighted by Crippen LogP contribution is -2.52. The lowest BCUT2D eigenvalue weighted by molar-refractivity contribution is -0.142. The Morgan fingerprint density at radius 3 is 2.54 bits per heavy atom. The van der Waals surface area contributed by atoms with Crippen LogP contribution in [-0.2, 0) is 15.1 Å². The molecule has 2 atom stereocenters. The van der Waals surface area contributed by atoms with Gasteiger partial charge in [-0.1, -0.05) is 55.3 Å². The van der Waals surface area contributed by atoms with Crippen LogP contribution in [0.5, 0.6) is 5.75 Å². The maximum atomic E-state index is 12.6. The molecule has 1 heterocycles. The molecule has 0 spiro atoms. The summed E-state index contributed by atoms with van der Waals surface area (Å²) < 4.78 is 5.38. The van der Waals surface area contributed by atoms with Gasteiger partial charge >= 0.3 is 0 Å². The van der Waals surface area contributed by atoms with Crippen molar-refractivity contribution in [1.29, 1.82) is 0 Å². The molecule has 5 nitrogen and oxygen atoms in total. The van der Waals surface area contributed by atoms with Crippen LogP contribution in [0.2, 0.25) is 0 Å². The fourth-order valence-electron chi connectivity index (χ4n) is 4.41. The van der Waals surface area contributed by atoms with Crippen LogP contribution in [-0.4, -0.2) is 29.3 Å². The first-order valence-electron chi connectivity index (χ1n) is 9.72. The smallest absolute Gasteiger partial charge is 0.257 e. The van der Waals surface area contributed by atoms with Crippen molar-refractivity contribution in [2.24, 2.45) is 5.92 Å². The van der Waals surface area contributed by atoms with Crippen LogP contribution in [0.4, 0.5) is 5.69 Å². The average Bonchev–Trinajstić information content (AvgIpc) is 3.22. The van der Waals surface area contributed by atoms with Gasteiger partial charge in [0.1, 0.15) is 5.75 Å². The van der Waals surface area contributed by atoms with Crippen molar-refractivity contribution in [2.45, 2.75) is 37.4 Å². The fourth-order valence-corrected chi connectivity index (χ4v) is 4.41. The second-order valence-corrected chi connectivity index (χ2v) is 7.57. The van der Waals surface area contributed by atoms with Gasteiger partial charge in [-0.3, -0.25) is 4.79 Å². The molecule has 2 aromatic carbocycles. The van der Waals surface area contributed by atoms with Crippen molar-refractivity contribution in [3.63, 3.8) is 0 Å². The molecule has 146 valence electrons. The highest BCUT2D eigenvalue weighted by Crippen LogP contribution is 2.47. The Labute approximate surface area is 164 Å². The van der Waals surface area contributed by atoms with E-state index in [9.17, 15) is 15.0 Å². The summed E-state index contributed by atoms with van der Waals surface area (Å²) in [4.78, 5) is 12.6. The van der Waals surface area contributed by atoms with Crippen LogP contribution in [0.25, 0.3) is 6.08 Å². The number of phenols is 1. The molecular formula is C23H25NO4. The molecule has 5 heteroatoms. The van der Waals surface area contributed by atoms with E-state index in [0.29, 0.717) is 22.7 Å². The third-order valence-corrected chi connectivity index (χ3v) is 5.86. The number of benzene rings is 2. The van der Waals surface area contributed by atoms with Crippen molar-refractivity contribution < 1.29 is 19.7 Å². The summed E-state index contributed by atoms with van der Waals surface area (Å²) in [6, 6.07) is 12.3. The van der Waals surface area contributed by atoms with Crippen molar-refractivity contribution in [1.82, 2.24) is 0 Å². The van der Waals surface area contributed by atoms with Crippen LogP contribution >= 0.6 is 0 Å². The molecule has 3 N–H and O–H groups in total. The first-order valence-corrected chi connectivity index (χ1v) is 9.72. The summed E-state index contributed by atoms with van der Waals surface area (Å²) in [6.45, 7) is 0. The number of carbonyl (C=O) groups excluding carboxylic acids is 1. The number of aromatic hydroxyl groups is 1. The Morgan fingerprint density at radius 1 is 1.14 bits per heavy atom. The summed E-state index contributed by atoms with van der Waals surface area (Å²) >= 11 is 0. The molecule has 0 bridgehead atoms. The zero-order valence-electron chi connectivity index (χ0n) is 15.9. The van der Waals surface area contributed by atoms with Gasteiger partial charge in [-0.05, 0) is 36.5 Å². The van der Waals surface area contributed by atoms with E-state index in [2.05, 4.69) is 11.4 Å². The highest BCUT2D eigenvalue weighted by Gasteiger charge is 2.51. The third kappa shape index (κ3) is 3.01. The Morgan fingerprint density at radius 2 is 1.86 bits per heavy atom. The Balaban J connectivity index is 1.86. The summed E-state index contributed by atoms with van der Waals surface area (Å²) in [6.07, 6.45) is 7.67. The normalized spacial score (nSPS) is 25.1. The molecule has 1 saturated carbocycles. The van der Waals surface area contributed by atoms with Gasteiger partial charge in [0.25, 0.3) is 5.91 Å². The van der Waals surface area contributed by atoms with Gasteiger partial charge in [0.05, 0.1) is 11.3 Å². The third-order valence-electron chi connectivity index (χ3n) is 5.86. The predicted octanol–water partition coefficient (Wildman–Crippen LogP) is 3.80. The van der Waals surface area contributed by atoms with Crippen LogP contribution < -0.4 is 5.32 Å². The lowest BCUT2D eigenvalue weighted by Gasteiger charge is -2.40. The molecule has 1 aliphatic heterocycles. The zero-order chi connectivity index (χ0) is 19.7. The van der Waals surface area contributed by atoms with Crippen molar-refractivity contribution in [3.8, 4) is 5.75 Å². The molecule has 1 aliphatic carbocycles. The zero-order valence-corrected chi connectivity index (χ0v) is 15.9. The van der Waals surface area contributed by atoms with Gasteiger partial charge in [-0.15, -0.1) is 0 Å². The number of fused-ring (bicyclic) bond motifs is 1. The minimum Gasteiger partial charge on any atom is -0.507 e. The maximum Gasteiger partial charge on any atom is 0.257 e. The summed E-state index contributed by atoms with van der Waals surface area (Å²) in [5, 5.41) is 25.6. The lowest BCUT2D eigenvalue weighted by atomic mass is 9.76. The van der Waals surface area contributed by atoms with E-state index in [1.807, 2.05) is 12.1 Å². The largest absolute Gasteiger partial charge is 0.507 e. The quantitative estimate of drug-likeness (QED) is 0.755. The summed E-state index contributed by atoms with van der Waals surface area (Å²) in [7, 11) is 1.38. The standard InChI is InChI=1S/C23H25NO4/c1-28-21-22(26)24-18-14-13-16(12-11-15-7-5-6-8-15)20(25)19(18)23(21,27)17-9-3-2-4-10-17/h2-4,9-15,21,25,27H,5-8H2,1H3,(H,24,26). The summed E-state index contributed by atoms with van der Waals surface area (Å²) in [5.41, 5.74) is -0.0373. The number of carbonyl (C=O) groups is 1. The van der Waals surface area contributed by atoms with E-state index in [1.54, 1.807) is 36.4 Å². The number of phenolic OH excluding ortho intramolecular Hbond substituents is 1. The van der Waals surface area contributed by atoms with E-state index in [-0.39, 0.29) is 11.3 Å². The number of nitrogens with one attached hydrogen (secondary N) is 1. The van der Waals surface area contributed by atoms with Gasteiger partial charge in [0.2, 0.25) is 0 Å². The molecule has 28 heavy (non-hydrogen) atoms. The number of anilines is 1. The van der Waals surface area contributed by atoms with E-state index < -0.39 is 17.6 Å². The minimum absolute atomic E-state index is 0.0415. The second-order valence-electron chi connectivity index (χ2n) is 7.57. The van der Waals surface area contributed by atoms with Crippen LogP contribution in [0, 0.1) is 5.92 Å². The van der Waals surface area contributed by atoms with E-state index in [4.69, 9.17) is 4.74 Å². The fraction of sp³-hybridized carbons (Fsp3) is 0.348. The van der Waals surface area contributed by atoms with Gasteiger partial charge in [-0.25, -0.2) is 0 Å². The molecule has 2 aliphatic rings. The predicted molar refractivity (Wildman–Crippen MR) is 108 cm³/mol. The number of rotatable bonds is 4. The maximum absolute atomic E-state index is 12.6. The van der Waals surface area contributed by atoms with Crippen molar-refractivity contribution in [2.75, 3.05) is 12.4 Å². The number of amides is 1. The topological polar surface area (TPSA) is 78.8 Å². The number of allylic oxidation sites excluding steroid dienone is 1. The molecular weight excluding hydrogens is 354 g/mol. The molecule has 4 rings (SSSR count). The van der Waals surface area contributed by atoms with Crippen molar-refractivity contribution >= 4 is 17.7 Å². The van der Waals surface area contributed by atoms with E-state index in [0.717, 1.165) is 12.8 Å². The molecule has 0 saturated heterocycles. The van der Waals surface area contributed by atoms with Crippen LogP contribution in [0.3, 0.4) is 0 Å². The highest BCUT2D eigenvalue weighted by atomic mass is 16.5. The average molecular weight is 379 g/mol. The van der Waals surface area contributed by atoms with Gasteiger partial charge in [-0.2, -0.15) is 0 Å². The van der Waals surface area contributed by atoms with E-state index >= 15 is 0 Å². The monoisotopic (exact) mass is 379 g/mol. The molecule has 1 fully saturated rings. The highest BCUT2D eigenvalue weighted by molar-refractivity contribution is 6.00. The van der Waals surface area contributed by atoms with Crippen LogP contribution in [0.15, 0.2) is 48.5 Å². The Bertz CT molecular complexity index is 902. The van der Waals surface area contributed by atoms with Gasteiger partial charge in [0.15, 0.2) is 11.7 Å². The SMILES string of the molecule is COC1C(=O)Nc2ccc(C=CC3CCCC3)c(O)c2C1(O)c1ccccc1. The van der Waals surface area contributed by atoms with E-state index in [1.165, 1.54) is 20.0 Å². The minimum atomic E-state index is -1.80. The first kappa shape index (κ1) is 18.7. The first-order chi connectivity index (χ1) is 13.6. The molecule has 2 unspecified atom stereocenters. The molecule has 2 aromatic rings. The van der Waals surface area contributed by atoms with Crippen LogP contribution in [0.1, 0.15) is 42.4 Å². The van der Waals surface area contributed by atoms with Gasteiger partial charge in [0, 0.05) is 12.7 Å².